The van der Waals surface area contributed by atoms with E-state index in [9.17, 15) is 9.50 Å². The van der Waals surface area contributed by atoms with E-state index in [1.807, 2.05) is 19.9 Å². The van der Waals surface area contributed by atoms with E-state index in [1.165, 1.54) is 12.3 Å². The van der Waals surface area contributed by atoms with Crippen molar-refractivity contribution in [1.82, 2.24) is 4.98 Å². The van der Waals surface area contributed by atoms with E-state index >= 15 is 0 Å². The number of aromatic nitrogens is 1. The summed E-state index contributed by atoms with van der Waals surface area (Å²) in [5.41, 5.74) is 2.74. The van der Waals surface area contributed by atoms with Crippen LogP contribution in [0.25, 0.3) is 0 Å². The molecule has 1 aromatic carbocycles. The van der Waals surface area contributed by atoms with E-state index < -0.39 is 11.9 Å². The van der Waals surface area contributed by atoms with Crippen molar-refractivity contribution in [2.45, 2.75) is 20.0 Å². The zero-order valence-corrected chi connectivity index (χ0v) is 11.1. The average molecular weight is 261 g/mol. The molecule has 1 aromatic heterocycles. The Balaban J connectivity index is 2.53. The van der Waals surface area contributed by atoms with E-state index in [0.29, 0.717) is 11.3 Å². The molecule has 0 fully saturated rings. The molecule has 0 saturated carbocycles. The molecule has 0 amide bonds. The van der Waals surface area contributed by atoms with Gasteiger partial charge in [-0.15, -0.1) is 0 Å². The molecule has 1 heterocycles. The highest BCUT2D eigenvalue weighted by Gasteiger charge is 2.20. The minimum absolute atomic E-state index is 0.191. The predicted molar refractivity (Wildman–Crippen MR) is 70.7 cm³/mol. The van der Waals surface area contributed by atoms with E-state index in [-0.39, 0.29) is 5.56 Å². The van der Waals surface area contributed by atoms with Gasteiger partial charge in [-0.25, -0.2) is 4.39 Å². The minimum Gasteiger partial charge on any atom is -0.496 e. The Labute approximate surface area is 111 Å². The molecule has 0 aliphatic heterocycles. The molecular formula is C15H16FNO2. The van der Waals surface area contributed by atoms with Gasteiger partial charge in [-0.05, 0) is 31.0 Å². The fraction of sp³-hybridized carbons (Fsp3) is 0.267. The van der Waals surface area contributed by atoms with Crippen molar-refractivity contribution in [3.05, 3.63) is 58.7 Å². The number of nitrogens with zero attached hydrogens (tertiary/aromatic N) is 1. The highest BCUT2D eigenvalue weighted by atomic mass is 19.1. The van der Waals surface area contributed by atoms with Gasteiger partial charge in [-0.1, -0.05) is 12.1 Å². The van der Waals surface area contributed by atoms with Crippen LogP contribution in [0.3, 0.4) is 0 Å². The van der Waals surface area contributed by atoms with Crippen molar-refractivity contribution in [3.8, 4) is 5.75 Å². The van der Waals surface area contributed by atoms with Crippen LogP contribution >= 0.6 is 0 Å². The lowest BCUT2D eigenvalue weighted by molar-refractivity contribution is 0.209. The molecule has 1 unspecified atom stereocenters. The Hall–Kier alpha value is -1.94. The fourth-order valence-corrected chi connectivity index (χ4v) is 2.07. The Morgan fingerprint density at radius 1 is 1.21 bits per heavy atom. The van der Waals surface area contributed by atoms with Gasteiger partial charge in [0.15, 0.2) is 0 Å². The topological polar surface area (TPSA) is 42.4 Å². The molecular weight excluding hydrogens is 245 g/mol. The lowest BCUT2D eigenvalue weighted by Crippen LogP contribution is -2.06. The molecule has 2 aromatic rings. The summed E-state index contributed by atoms with van der Waals surface area (Å²) in [7, 11) is 1.54. The monoisotopic (exact) mass is 261 g/mol. The number of rotatable bonds is 3. The van der Waals surface area contributed by atoms with Gasteiger partial charge < -0.3 is 9.84 Å². The summed E-state index contributed by atoms with van der Waals surface area (Å²) in [5, 5.41) is 10.4. The maximum atomic E-state index is 13.7. The normalized spacial score (nSPS) is 12.3. The van der Waals surface area contributed by atoms with Crippen LogP contribution in [-0.4, -0.2) is 17.2 Å². The van der Waals surface area contributed by atoms with E-state index in [0.717, 1.165) is 17.3 Å². The first-order valence-electron chi connectivity index (χ1n) is 5.97. The molecule has 100 valence electrons. The summed E-state index contributed by atoms with van der Waals surface area (Å²) in [6.45, 7) is 3.87. The van der Waals surface area contributed by atoms with Crippen molar-refractivity contribution in [1.29, 1.82) is 0 Å². The number of hydrogen-bond donors (Lipinski definition) is 1. The third-order valence-electron chi connectivity index (χ3n) is 3.30. The number of methoxy groups -OCH3 is 1. The number of aryl methyl sites for hydroxylation is 1. The molecule has 0 spiro atoms. The molecule has 4 heteroatoms. The Bertz CT molecular complexity index is 599. The number of pyridine rings is 1. The van der Waals surface area contributed by atoms with Gasteiger partial charge in [0.2, 0.25) is 0 Å². The fourth-order valence-electron chi connectivity index (χ4n) is 2.07. The first kappa shape index (κ1) is 13.5. The number of ether oxygens (including phenoxy) is 1. The van der Waals surface area contributed by atoms with Gasteiger partial charge in [0.05, 0.1) is 13.3 Å². The molecule has 1 atom stereocenters. The van der Waals surface area contributed by atoms with Crippen molar-refractivity contribution in [2.24, 2.45) is 0 Å². The summed E-state index contributed by atoms with van der Waals surface area (Å²) in [6.07, 6.45) is 1.47. The summed E-state index contributed by atoms with van der Waals surface area (Å²) < 4.78 is 19.0. The maximum Gasteiger partial charge on any atom is 0.147 e. The SMILES string of the molecule is COc1c(C(O)c2ccncc2F)ccc(C)c1C. The van der Waals surface area contributed by atoms with Crippen LogP contribution in [0.2, 0.25) is 0 Å². The average Bonchev–Trinajstić information content (AvgIpc) is 2.41. The van der Waals surface area contributed by atoms with E-state index in [4.69, 9.17) is 4.74 Å². The minimum atomic E-state index is -1.07. The molecule has 2 rings (SSSR count). The van der Waals surface area contributed by atoms with Crippen molar-refractivity contribution in [3.63, 3.8) is 0 Å². The Morgan fingerprint density at radius 3 is 2.58 bits per heavy atom. The van der Waals surface area contributed by atoms with E-state index in [1.54, 1.807) is 13.2 Å². The zero-order chi connectivity index (χ0) is 14.0. The van der Waals surface area contributed by atoms with Crippen LogP contribution in [0, 0.1) is 19.7 Å². The first-order chi connectivity index (χ1) is 9.06. The number of aliphatic hydroxyl groups is 1. The Kier molecular flexibility index (Phi) is 3.81. The van der Waals surface area contributed by atoms with E-state index in [2.05, 4.69) is 4.98 Å². The van der Waals surface area contributed by atoms with Crippen molar-refractivity contribution in [2.75, 3.05) is 7.11 Å². The number of hydrogen-bond acceptors (Lipinski definition) is 3. The molecule has 0 aliphatic carbocycles. The first-order valence-corrected chi connectivity index (χ1v) is 5.97. The van der Waals surface area contributed by atoms with Crippen LogP contribution in [0.15, 0.2) is 30.6 Å². The van der Waals surface area contributed by atoms with Gasteiger partial charge >= 0.3 is 0 Å². The van der Waals surface area contributed by atoms with Gasteiger partial charge in [0.1, 0.15) is 17.7 Å². The second-order valence-corrected chi connectivity index (χ2v) is 4.43. The van der Waals surface area contributed by atoms with Crippen LogP contribution in [-0.2, 0) is 0 Å². The second-order valence-electron chi connectivity index (χ2n) is 4.43. The lowest BCUT2D eigenvalue weighted by atomic mass is 9.96. The highest BCUT2D eigenvalue weighted by molar-refractivity contribution is 5.48. The molecule has 0 aliphatic rings. The summed E-state index contributed by atoms with van der Waals surface area (Å²) >= 11 is 0. The number of aliphatic hydroxyl groups excluding tert-OH is 1. The quantitative estimate of drug-likeness (QED) is 0.923. The van der Waals surface area contributed by atoms with Crippen LogP contribution in [0.4, 0.5) is 4.39 Å². The number of halogens is 1. The van der Waals surface area contributed by atoms with Gasteiger partial charge in [0, 0.05) is 17.3 Å². The molecule has 0 saturated heterocycles. The molecule has 1 N–H and O–H groups in total. The predicted octanol–water partition coefficient (Wildman–Crippen LogP) is 2.93. The Morgan fingerprint density at radius 2 is 1.95 bits per heavy atom. The highest BCUT2D eigenvalue weighted by Crippen LogP contribution is 2.34. The summed E-state index contributed by atoms with van der Waals surface area (Å²) in [6, 6.07) is 5.11. The zero-order valence-electron chi connectivity index (χ0n) is 11.1. The summed E-state index contributed by atoms with van der Waals surface area (Å²) in [5.74, 6) is 0.0546. The van der Waals surface area contributed by atoms with Crippen molar-refractivity contribution >= 4 is 0 Å². The number of benzene rings is 1. The third-order valence-corrected chi connectivity index (χ3v) is 3.30. The molecule has 3 nitrogen and oxygen atoms in total. The standard InChI is InChI=1S/C15H16FNO2/c1-9-4-5-12(15(19-3)10(9)2)14(18)11-6-7-17-8-13(11)16/h4-8,14,18H,1-3H3. The largest absolute Gasteiger partial charge is 0.496 e. The van der Waals surface area contributed by atoms with Crippen LogP contribution < -0.4 is 4.74 Å². The van der Waals surface area contributed by atoms with Crippen LogP contribution in [0.5, 0.6) is 5.75 Å². The van der Waals surface area contributed by atoms with Gasteiger partial charge in [-0.2, -0.15) is 0 Å². The van der Waals surface area contributed by atoms with Crippen molar-refractivity contribution < 1.29 is 14.2 Å². The van der Waals surface area contributed by atoms with Crippen LogP contribution in [0.1, 0.15) is 28.4 Å². The second kappa shape index (κ2) is 5.36. The molecule has 19 heavy (non-hydrogen) atoms. The third kappa shape index (κ3) is 2.44. The summed E-state index contributed by atoms with van der Waals surface area (Å²) in [4.78, 5) is 3.68. The smallest absolute Gasteiger partial charge is 0.147 e. The van der Waals surface area contributed by atoms with Gasteiger partial charge in [0.25, 0.3) is 0 Å². The molecule has 0 radical (unpaired) electrons. The van der Waals surface area contributed by atoms with Gasteiger partial charge in [-0.3, -0.25) is 4.98 Å². The maximum absolute atomic E-state index is 13.7. The molecule has 0 bridgehead atoms. The lowest BCUT2D eigenvalue weighted by Gasteiger charge is -2.18.